The predicted octanol–water partition coefficient (Wildman–Crippen LogP) is 3.68. The van der Waals surface area contributed by atoms with Crippen LogP contribution in [0, 0.1) is 6.92 Å². The van der Waals surface area contributed by atoms with Crippen LogP contribution in [0.4, 0.5) is 0 Å². The van der Waals surface area contributed by atoms with Crippen LogP contribution in [0.2, 0.25) is 0 Å². The number of benzene rings is 1. The van der Waals surface area contributed by atoms with Crippen molar-refractivity contribution < 1.29 is 9.53 Å². The summed E-state index contributed by atoms with van der Waals surface area (Å²) in [6, 6.07) is 8.15. The third kappa shape index (κ3) is 3.79. The standard InChI is InChI=1S/C22H28N2O3/c1-15-7-5-8-16-13-17(21(25)23-20(15)16)14-24(18-9-3-2-4-10-18)22(26)19-11-6-12-27-19/h5,7-8,13,18-19H,2-4,6,9-12,14H2,1H3,(H,23,25). The molecule has 1 aliphatic heterocycles. The van der Waals surface area contributed by atoms with E-state index in [0.29, 0.717) is 18.7 Å². The van der Waals surface area contributed by atoms with Gasteiger partial charge in [-0.15, -0.1) is 0 Å². The third-order valence-corrected chi connectivity index (χ3v) is 6.01. The van der Waals surface area contributed by atoms with Gasteiger partial charge in [0.1, 0.15) is 6.10 Å². The van der Waals surface area contributed by atoms with Gasteiger partial charge in [0.25, 0.3) is 11.5 Å². The van der Waals surface area contributed by atoms with Crippen molar-refractivity contribution in [3.63, 3.8) is 0 Å². The van der Waals surface area contributed by atoms with Crippen LogP contribution in [0.25, 0.3) is 10.9 Å². The van der Waals surface area contributed by atoms with Crippen LogP contribution < -0.4 is 5.56 Å². The highest BCUT2D eigenvalue weighted by Crippen LogP contribution is 2.27. The van der Waals surface area contributed by atoms with E-state index in [2.05, 4.69) is 4.98 Å². The molecule has 0 spiro atoms. The van der Waals surface area contributed by atoms with Crippen LogP contribution in [-0.4, -0.2) is 34.5 Å². The van der Waals surface area contributed by atoms with E-state index in [1.165, 1.54) is 6.42 Å². The molecule has 0 radical (unpaired) electrons. The lowest BCUT2D eigenvalue weighted by molar-refractivity contribution is -0.144. The molecule has 1 unspecified atom stereocenters. The van der Waals surface area contributed by atoms with Gasteiger partial charge in [-0.05, 0) is 49.6 Å². The zero-order chi connectivity index (χ0) is 18.8. The Balaban J connectivity index is 1.66. The minimum Gasteiger partial charge on any atom is -0.368 e. The van der Waals surface area contributed by atoms with Crippen LogP contribution in [0.3, 0.4) is 0 Å². The minimum atomic E-state index is -0.339. The minimum absolute atomic E-state index is 0.0585. The van der Waals surface area contributed by atoms with Crippen molar-refractivity contribution >= 4 is 16.8 Å². The van der Waals surface area contributed by atoms with Gasteiger partial charge < -0.3 is 14.6 Å². The number of nitrogens with one attached hydrogen (secondary N) is 1. The highest BCUT2D eigenvalue weighted by molar-refractivity contribution is 5.83. The highest BCUT2D eigenvalue weighted by atomic mass is 16.5. The van der Waals surface area contributed by atoms with Crippen molar-refractivity contribution in [2.45, 2.75) is 70.6 Å². The Morgan fingerprint density at radius 3 is 2.74 bits per heavy atom. The van der Waals surface area contributed by atoms with E-state index in [1.807, 2.05) is 36.1 Å². The van der Waals surface area contributed by atoms with Crippen LogP contribution in [0.1, 0.15) is 56.1 Å². The Labute approximate surface area is 159 Å². The number of pyridine rings is 1. The normalized spacial score (nSPS) is 20.9. The number of fused-ring (bicyclic) bond motifs is 1. The molecule has 0 bridgehead atoms. The fourth-order valence-corrected chi connectivity index (χ4v) is 4.47. The Morgan fingerprint density at radius 2 is 2.00 bits per heavy atom. The van der Waals surface area contributed by atoms with Crippen molar-refractivity contribution in [1.29, 1.82) is 0 Å². The first-order valence-corrected chi connectivity index (χ1v) is 10.2. The van der Waals surface area contributed by atoms with E-state index in [1.54, 1.807) is 0 Å². The number of aromatic amines is 1. The lowest BCUT2D eigenvalue weighted by Gasteiger charge is -2.35. The average molecular weight is 368 g/mol. The summed E-state index contributed by atoms with van der Waals surface area (Å²) in [5, 5.41) is 1.01. The number of hydrogen-bond donors (Lipinski definition) is 1. The molecular formula is C22H28N2O3. The fraction of sp³-hybridized carbons (Fsp3) is 0.545. The number of ether oxygens (including phenoxy) is 1. The van der Waals surface area contributed by atoms with Crippen molar-refractivity contribution in [3.05, 3.63) is 45.7 Å². The number of carbonyl (C=O) groups is 1. The maximum Gasteiger partial charge on any atom is 0.253 e. The smallest absolute Gasteiger partial charge is 0.253 e. The van der Waals surface area contributed by atoms with Crippen LogP contribution in [0.5, 0.6) is 0 Å². The van der Waals surface area contributed by atoms with E-state index in [-0.39, 0.29) is 23.6 Å². The average Bonchev–Trinajstić information content (AvgIpc) is 3.22. The van der Waals surface area contributed by atoms with Crippen molar-refractivity contribution in [3.8, 4) is 0 Å². The van der Waals surface area contributed by atoms with E-state index in [4.69, 9.17) is 4.74 Å². The van der Waals surface area contributed by atoms with E-state index in [9.17, 15) is 9.59 Å². The number of aromatic nitrogens is 1. The van der Waals surface area contributed by atoms with Crippen LogP contribution >= 0.6 is 0 Å². The molecule has 1 aromatic carbocycles. The van der Waals surface area contributed by atoms with Gasteiger partial charge in [0.05, 0.1) is 12.1 Å². The molecule has 1 saturated carbocycles. The van der Waals surface area contributed by atoms with Gasteiger partial charge in [0.15, 0.2) is 0 Å². The van der Waals surface area contributed by atoms with Gasteiger partial charge in [-0.2, -0.15) is 0 Å². The van der Waals surface area contributed by atoms with Crippen molar-refractivity contribution in [1.82, 2.24) is 9.88 Å². The second-order valence-corrected chi connectivity index (χ2v) is 7.92. The number of carbonyl (C=O) groups excluding carboxylic acids is 1. The summed E-state index contributed by atoms with van der Waals surface area (Å²) in [6.45, 7) is 3.01. The third-order valence-electron chi connectivity index (χ3n) is 6.01. The SMILES string of the molecule is Cc1cccc2cc(CN(C(=O)C3CCCO3)C3CCCCC3)c(=O)[nH]c12. The Morgan fingerprint density at radius 1 is 1.19 bits per heavy atom. The van der Waals surface area contributed by atoms with Gasteiger partial charge in [0, 0.05) is 18.2 Å². The maximum absolute atomic E-state index is 13.2. The molecule has 1 aromatic heterocycles. The van der Waals surface area contributed by atoms with Gasteiger partial charge >= 0.3 is 0 Å². The summed E-state index contributed by atoms with van der Waals surface area (Å²) in [6.07, 6.45) is 6.94. The number of amides is 1. The Kier molecular flexibility index (Phi) is 5.30. The molecule has 27 heavy (non-hydrogen) atoms. The zero-order valence-electron chi connectivity index (χ0n) is 16.0. The van der Waals surface area contributed by atoms with Gasteiger partial charge in [-0.1, -0.05) is 37.5 Å². The summed E-state index contributed by atoms with van der Waals surface area (Å²) in [5.41, 5.74) is 2.49. The van der Waals surface area contributed by atoms with Gasteiger partial charge in [0.2, 0.25) is 0 Å². The van der Waals surface area contributed by atoms with E-state index >= 15 is 0 Å². The van der Waals surface area contributed by atoms with Crippen molar-refractivity contribution in [2.24, 2.45) is 0 Å². The quantitative estimate of drug-likeness (QED) is 0.895. The maximum atomic E-state index is 13.2. The molecule has 4 rings (SSSR count). The Bertz CT molecular complexity index is 877. The molecule has 2 aromatic rings. The monoisotopic (exact) mass is 368 g/mol. The summed E-state index contributed by atoms with van der Waals surface area (Å²) in [7, 11) is 0. The lowest BCUT2D eigenvalue weighted by atomic mass is 9.93. The number of aryl methyl sites for hydroxylation is 1. The molecule has 1 aliphatic carbocycles. The fourth-order valence-electron chi connectivity index (χ4n) is 4.47. The molecule has 2 heterocycles. The summed E-state index contributed by atoms with van der Waals surface area (Å²) in [4.78, 5) is 30.8. The second-order valence-electron chi connectivity index (χ2n) is 7.92. The largest absolute Gasteiger partial charge is 0.368 e. The number of nitrogens with zero attached hydrogens (tertiary/aromatic N) is 1. The lowest BCUT2D eigenvalue weighted by Crippen LogP contribution is -2.46. The summed E-state index contributed by atoms with van der Waals surface area (Å²) >= 11 is 0. The molecule has 2 fully saturated rings. The molecule has 2 aliphatic rings. The molecule has 5 nitrogen and oxygen atoms in total. The number of para-hydroxylation sites is 1. The first-order valence-electron chi connectivity index (χ1n) is 10.2. The number of hydrogen-bond acceptors (Lipinski definition) is 3. The molecule has 1 atom stereocenters. The van der Waals surface area contributed by atoms with Gasteiger partial charge in [-0.25, -0.2) is 0 Å². The highest BCUT2D eigenvalue weighted by Gasteiger charge is 2.33. The molecule has 5 heteroatoms. The molecule has 1 N–H and O–H groups in total. The van der Waals surface area contributed by atoms with E-state index < -0.39 is 0 Å². The van der Waals surface area contributed by atoms with Gasteiger partial charge in [-0.3, -0.25) is 9.59 Å². The van der Waals surface area contributed by atoms with Crippen molar-refractivity contribution in [2.75, 3.05) is 6.61 Å². The predicted molar refractivity (Wildman–Crippen MR) is 106 cm³/mol. The second kappa shape index (κ2) is 7.85. The summed E-state index contributed by atoms with van der Waals surface area (Å²) in [5.74, 6) is 0.0585. The number of H-pyrrole nitrogens is 1. The molecule has 144 valence electrons. The first kappa shape index (κ1) is 18.2. The van der Waals surface area contributed by atoms with Crippen LogP contribution in [0.15, 0.2) is 29.1 Å². The zero-order valence-corrected chi connectivity index (χ0v) is 16.0. The molecule has 1 amide bonds. The molecule has 1 saturated heterocycles. The van der Waals surface area contributed by atoms with Crippen LogP contribution in [-0.2, 0) is 16.1 Å². The number of rotatable bonds is 4. The Hall–Kier alpha value is -2.14. The topological polar surface area (TPSA) is 62.4 Å². The van der Waals surface area contributed by atoms with E-state index in [0.717, 1.165) is 55.0 Å². The molecular weight excluding hydrogens is 340 g/mol. The first-order chi connectivity index (χ1) is 13.1. The summed E-state index contributed by atoms with van der Waals surface area (Å²) < 4.78 is 5.66.